The van der Waals surface area contributed by atoms with Gasteiger partial charge in [-0.1, -0.05) is 18.6 Å². The van der Waals surface area contributed by atoms with E-state index in [4.69, 9.17) is 10.5 Å². The first-order valence-electron chi connectivity index (χ1n) is 10.6. The Balaban J connectivity index is 1.40. The molecule has 7 heteroatoms. The molecular formula is C24H28N2O4S. The molecule has 0 radical (unpaired) electrons. The number of rotatable bonds is 11. The van der Waals surface area contributed by atoms with Crippen LogP contribution in [0.25, 0.3) is 10.9 Å². The summed E-state index contributed by atoms with van der Waals surface area (Å²) in [7, 11) is 0. The third-order valence-electron chi connectivity index (χ3n) is 5.14. The predicted octanol–water partition coefficient (Wildman–Crippen LogP) is 4.84. The fourth-order valence-electron chi connectivity index (χ4n) is 3.52. The lowest BCUT2D eigenvalue weighted by molar-refractivity contribution is 0.0325. The Hall–Kier alpha value is -2.77. The van der Waals surface area contributed by atoms with E-state index in [1.54, 1.807) is 18.3 Å². The minimum absolute atomic E-state index is 0.121. The lowest BCUT2D eigenvalue weighted by Gasteiger charge is -2.12. The number of unbranched alkanes of at least 4 members (excludes halogenated alkanes) is 2. The van der Waals surface area contributed by atoms with E-state index in [9.17, 15) is 14.7 Å². The number of hydrogen-bond donors (Lipinski definition) is 2. The number of carboxylic acid groups (broad SMARTS) is 1. The van der Waals surface area contributed by atoms with Crippen molar-refractivity contribution in [2.24, 2.45) is 5.73 Å². The van der Waals surface area contributed by atoms with E-state index >= 15 is 0 Å². The molecule has 1 unspecified atom stereocenters. The molecule has 0 saturated heterocycles. The third-order valence-corrected chi connectivity index (χ3v) is 6.26. The fraction of sp³-hybridized carbons (Fsp3) is 0.375. The summed E-state index contributed by atoms with van der Waals surface area (Å²) in [6, 6.07) is 11.0. The van der Waals surface area contributed by atoms with Crippen molar-refractivity contribution in [2.75, 3.05) is 6.54 Å². The third kappa shape index (κ3) is 6.35. The van der Waals surface area contributed by atoms with Crippen molar-refractivity contribution < 1.29 is 19.4 Å². The van der Waals surface area contributed by atoms with E-state index in [0.717, 1.165) is 54.4 Å². The van der Waals surface area contributed by atoms with Gasteiger partial charge >= 0.3 is 11.9 Å². The summed E-state index contributed by atoms with van der Waals surface area (Å²) in [5.41, 5.74) is 7.40. The molecule has 1 aromatic carbocycles. The maximum atomic E-state index is 12.2. The number of aromatic carboxylic acids is 1. The Morgan fingerprint density at radius 2 is 2.00 bits per heavy atom. The number of benzene rings is 1. The average molecular weight is 441 g/mol. The highest BCUT2D eigenvalue weighted by Gasteiger charge is 2.14. The molecule has 0 amide bonds. The van der Waals surface area contributed by atoms with Gasteiger partial charge < -0.3 is 15.6 Å². The standard InChI is InChI=1S/C24H28N2O4S/c1-16(30-24(29)21-11-10-19(31-21)12-13-25)6-3-2-4-7-17-14-18-8-5-9-20(23(27)28)22(18)26-15-17/h5,8-11,14-16H,2-4,6-7,12-13,25H2,1H3,(H,27,28). The molecular weight excluding hydrogens is 412 g/mol. The van der Waals surface area contributed by atoms with Crippen molar-refractivity contribution in [3.63, 3.8) is 0 Å². The van der Waals surface area contributed by atoms with Crippen LogP contribution in [0.1, 0.15) is 63.1 Å². The van der Waals surface area contributed by atoms with Crippen molar-refractivity contribution in [1.29, 1.82) is 0 Å². The second-order valence-corrected chi connectivity index (χ2v) is 8.81. The van der Waals surface area contributed by atoms with Gasteiger partial charge in [0, 0.05) is 16.5 Å². The van der Waals surface area contributed by atoms with Crippen LogP contribution in [-0.4, -0.2) is 34.7 Å². The van der Waals surface area contributed by atoms with Gasteiger partial charge in [0.15, 0.2) is 0 Å². The van der Waals surface area contributed by atoms with Crippen LogP contribution in [0.4, 0.5) is 0 Å². The first-order chi connectivity index (χ1) is 15.0. The Bertz CT molecular complexity index is 1050. The van der Waals surface area contributed by atoms with Crippen LogP contribution in [0, 0.1) is 0 Å². The van der Waals surface area contributed by atoms with Gasteiger partial charge in [0.2, 0.25) is 0 Å². The molecule has 3 N–H and O–H groups in total. The number of carbonyl (C=O) groups is 2. The van der Waals surface area contributed by atoms with Crippen LogP contribution in [0.15, 0.2) is 42.6 Å². The second kappa shape index (κ2) is 11.0. The molecule has 0 aliphatic carbocycles. The molecule has 31 heavy (non-hydrogen) atoms. The molecule has 0 fully saturated rings. The van der Waals surface area contributed by atoms with Gasteiger partial charge in [0.1, 0.15) is 4.88 Å². The SMILES string of the molecule is CC(CCCCCc1cnc2c(C(=O)O)cccc2c1)OC(=O)c1ccc(CCN)s1. The number of carbonyl (C=O) groups excluding carboxylic acids is 1. The van der Waals surface area contributed by atoms with Crippen LogP contribution in [0.5, 0.6) is 0 Å². The van der Waals surface area contributed by atoms with Crippen molar-refractivity contribution in [1.82, 2.24) is 4.98 Å². The summed E-state index contributed by atoms with van der Waals surface area (Å²) >= 11 is 1.45. The number of hydrogen-bond acceptors (Lipinski definition) is 6. The zero-order valence-electron chi connectivity index (χ0n) is 17.7. The number of nitrogens with two attached hydrogens (primary N) is 1. The molecule has 6 nitrogen and oxygen atoms in total. The van der Waals surface area contributed by atoms with Crippen molar-refractivity contribution >= 4 is 34.2 Å². The molecule has 164 valence electrons. The first-order valence-corrected chi connectivity index (χ1v) is 11.4. The molecule has 3 rings (SSSR count). The molecule has 0 aliphatic rings. The van der Waals surface area contributed by atoms with E-state index in [-0.39, 0.29) is 17.6 Å². The van der Waals surface area contributed by atoms with E-state index in [1.807, 2.05) is 31.2 Å². The molecule has 0 bridgehead atoms. The summed E-state index contributed by atoms with van der Waals surface area (Å²) in [5.74, 6) is -1.22. The molecule has 2 heterocycles. The number of aryl methyl sites for hydroxylation is 1. The lowest BCUT2D eigenvalue weighted by atomic mass is 10.0. The monoisotopic (exact) mass is 440 g/mol. The number of thiophene rings is 1. The number of esters is 1. The Morgan fingerprint density at radius 3 is 2.77 bits per heavy atom. The number of para-hydroxylation sites is 1. The van der Waals surface area contributed by atoms with Gasteiger partial charge in [-0.2, -0.15) is 0 Å². The largest absolute Gasteiger partial charge is 0.478 e. The zero-order chi connectivity index (χ0) is 22.2. The highest BCUT2D eigenvalue weighted by molar-refractivity contribution is 7.13. The maximum Gasteiger partial charge on any atom is 0.348 e. The van der Waals surface area contributed by atoms with Crippen LogP contribution in [-0.2, 0) is 17.6 Å². The lowest BCUT2D eigenvalue weighted by Crippen LogP contribution is -2.14. The predicted molar refractivity (Wildman–Crippen MR) is 123 cm³/mol. The van der Waals surface area contributed by atoms with E-state index < -0.39 is 5.97 Å². The number of aromatic nitrogens is 1. The van der Waals surface area contributed by atoms with E-state index in [0.29, 0.717) is 16.9 Å². The molecule has 0 aliphatic heterocycles. The molecule has 3 aromatic rings. The van der Waals surface area contributed by atoms with Gasteiger partial charge in [0.05, 0.1) is 17.2 Å². The molecule has 2 aromatic heterocycles. The summed E-state index contributed by atoms with van der Waals surface area (Å²) in [5, 5.41) is 10.1. The number of carboxylic acids is 1. The van der Waals surface area contributed by atoms with E-state index in [1.165, 1.54) is 11.3 Å². The van der Waals surface area contributed by atoms with Crippen LogP contribution in [0.3, 0.4) is 0 Å². The highest BCUT2D eigenvalue weighted by Crippen LogP contribution is 2.21. The quantitative estimate of drug-likeness (QED) is 0.327. The van der Waals surface area contributed by atoms with Gasteiger partial charge in [-0.05, 0) is 75.4 Å². The summed E-state index contributed by atoms with van der Waals surface area (Å²) in [6.07, 6.45) is 7.12. The smallest absolute Gasteiger partial charge is 0.348 e. The van der Waals surface area contributed by atoms with Crippen LogP contribution >= 0.6 is 11.3 Å². The van der Waals surface area contributed by atoms with Crippen molar-refractivity contribution in [2.45, 2.75) is 51.6 Å². The second-order valence-electron chi connectivity index (χ2n) is 7.65. The summed E-state index contributed by atoms with van der Waals surface area (Å²) in [6.45, 7) is 2.50. The zero-order valence-corrected chi connectivity index (χ0v) is 18.5. The van der Waals surface area contributed by atoms with E-state index in [2.05, 4.69) is 4.98 Å². The van der Waals surface area contributed by atoms with Gasteiger partial charge in [-0.25, -0.2) is 9.59 Å². The Morgan fingerprint density at radius 1 is 1.16 bits per heavy atom. The van der Waals surface area contributed by atoms with Crippen LogP contribution < -0.4 is 5.73 Å². The van der Waals surface area contributed by atoms with Crippen molar-refractivity contribution in [3.05, 3.63) is 63.5 Å². The summed E-state index contributed by atoms with van der Waals surface area (Å²) in [4.78, 5) is 29.6. The number of nitrogens with zero attached hydrogens (tertiary/aromatic N) is 1. The molecule has 0 saturated carbocycles. The van der Waals surface area contributed by atoms with Gasteiger partial charge in [-0.3, -0.25) is 4.98 Å². The normalized spacial score (nSPS) is 12.1. The topological polar surface area (TPSA) is 103 Å². The fourth-order valence-corrected chi connectivity index (χ4v) is 4.42. The maximum absolute atomic E-state index is 12.2. The Kier molecular flexibility index (Phi) is 8.14. The molecule has 0 spiro atoms. The minimum atomic E-state index is -0.962. The number of pyridine rings is 1. The summed E-state index contributed by atoms with van der Waals surface area (Å²) < 4.78 is 5.55. The van der Waals surface area contributed by atoms with Crippen LogP contribution in [0.2, 0.25) is 0 Å². The highest BCUT2D eigenvalue weighted by atomic mass is 32.1. The van der Waals surface area contributed by atoms with Gasteiger partial charge in [0.25, 0.3) is 0 Å². The van der Waals surface area contributed by atoms with Crippen molar-refractivity contribution in [3.8, 4) is 0 Å². The average Bonchev–Trinajstić information content (AvgIpc) is 3.22. The number of ether oxygens (including phenoxy) is 1. The molecule has 1 atom stereocenters. The first kappa shape index (κ1) is 22.9. The van der Waals surface area contributed by atoms with Gasteiger partial charge in [-0.15, -0.1) is 11.3 Å². The number of fused-ring (bicyclic) bond motifs is 1. The Labute approximate surface area is 186 Å². The minimum Gasteiger partial charge on any atom is -0.478 e.